The van der Waals surface area contributed by atoms with Gasteiger partial charge in [0.25, 0.3) is 0 Å². The summed E-state index contributed by atoms with van der Waals surface area (Å²) in [5.74, 6) is -0.242. The molecule has 0 spiro atoms. The lowest BCUT2D eigenvalue weighted by atomic mass is 10.1. The summed E-state index contributed by atoms with van der Waals surface area (Å²) < 4.78 is 5.13. The van der Waals surface area contributed by atoms with Gasteiger partial charge in [0.2, 0.25) is 5.91 Å². The fourth-order valence-electron chi connectivity index (χ4n) is 4.07. The van der Waals surface area contributed by atoms with Gasteiger partial charge in [-0.2, -0.15) is 0 Å². The Labute approximate surface area is 149 Å². The average Bonchev–Trinajstić information content (AvgIpc) is 3.30. The molecule has 2 saturated heterocycles. The zero-order valence-electron chi connectivity index (χ0n) is 15.3. The Balaban J connectivity index is 1.66. The highest BCUT2D eigenvalue weighted by Gasteiger charge is 2.31. The summed E-state index contributed by atoms with van der Waals surface area (Å²) in [7, 11) is 0. The van der Waals surface area contributed by atoms with Crippen LogP contribution in [-0.2, 0) is 16.0 Å². The Morgan fingerprint density at radius 3 is 2.72 bits per heavy atom. The van der Waals surface area contributed by atoms with E-state index >= 15 is 0 Å². The first-order chi connectivity index (χ1) is 12.1. The second-order valence-corrected chi connectivity index (χ2v) is 7.11. The molecule has 2 fully saturated rings. The number of amides is 1. The van der Waals surface area contributed by atoms with E-state index in [1.54, 1.807) is 13.1 Å². The Bertz CT molecular complexity index is 619. The summed E-state index contributed by atoms with van der Waals surface area (Å²) in [6.45, 7) is 8.11. The van der Waals surface area contributed by atoms with Gasteiger partial charge in [-0.1, -0.05) is 0 Å². The maximum atomic E-state index is 12.9. The lowest BCUT2D eigenvalue weighted by Gasteiger charge is -2.28. The van der Waals surface area contributed by atoms with Crippen LogP contribution in [0.3, 0.4) is 0 Å². The number of nitrogens with zero attached hydrogens (tertiary/aromatic N) is 2. The summed E-state index contributed by atoms with van der Waals surface area (Å²) in [6.07, 6.45) is 6.70. The Hall–Kier alpha value is -1.82. The molecular weight excluding hydrogens is 318 g/mol. The lowest BCUT2D eigenvalue weighted by molar-refractivity contribution is -0.131. The molecule has 6 nitrogen and oxygen atoms in total. The van der Waals surface area contributed by atoms with Crippen molar-refractivity contribution in [2.24, 2.45) is 0 Å². The van der Waals surface area contributed by atoms with Crippen LogP contribution in [0.2, 0.25) is 0 Å². The zero-order chi connectivity index (χ0) is 17.8. The molecule has 0 unspecified atom stereocenters. The standard InChI is InChI=1S/C19H29N3O3/c1-3-25-19(24)18-14(2)12-20-16(18)11-17(23)22-10-6-7-15(22)13-21-8-4-5-9-21/h12,15,20H,3-11,13H2,1-2H3/t15-/m0/s1. The molecule has 1 aromatic heterocycles. The Kier molecular flexibility index (Phi) is 5.78. The second kappa shape index (κ2) is 8.04. The lowest BCUT2D eigenvalue weighted by Crippen LogP contribution is -2.43. The number of ether oxygens (including phenoxy) is 1. The number of aromatic amines is 1. The van der Waals surface area contributed by atoms with Crippen LogP contribution >= 0.6 is 0 Å². The molecule has 25 heavy (non-hydrogen) atoms. The van der Waals surface area contributed by atoms with Crippen molar-refractivity contribution >= 4 is 11.9 Å². The minimum atomic E-state index is -0.348. The number of H-pyrrole nitrogens is 1. The highest BCUT2D eigenvalue weighted by molar-refractivity contribution is 5.94. The van der Waals surface area contributed by atoms with Crippen molar-refractivity contribution in [3.8, 4) is 0 Å². The van der Waals surface area contributed by atoms with E-state index < -0.39 is 0 Å². The molecule has 1 amide bonds. The van der Waals surface area contributed by atoms with Crippen LogP contribution < -0.4 is 0 Å². The summed E-state index contributed by atoms with van der Waals surface area (Å²) in [5, 5.41) is 0. The first kappa shape index (κ1) is 18.0. The fourth-order valence-corrected chi connectivity index (χ4v) is 4.07. The highest BCUT2D eigenvalue weighted by Crippen LogP contribution is 2.23. The maximum Gasteiger partial charge on any atom is 0.340 e. The van der Waals surface area contributed by atoms with Crippen molar-refractivity contribution in [1.82, 2.24) is 14.8 Å². The van der Waals surface area contributed by atoms with E-state index in [0.717, 1.165) is 44.6 Å². The number of likely N-dealkylation sites (tertiary alicyclic amines) is 2. The minimum absolute atomic E-state index is 0.106. The van der Waals surface area contributed by atoms with Crippen molar-refractivity contribution in [1.29, 1.82) is 0 Å². The number of carbonyl (C=O) groups excluding carboxylic acids is 2. The molecule has 138 valence electrons. The van der Waals surface area contributed by atoms with E-state index in [9.17, 15) is 9.59 Å². The van der Waals surface area contributed by atoms with Gasteiger partial charge < -0.3 is 19.5 Å². The number of esters is 1. The topological polar surface area (TPSA) is 65.6 Å². The van der Waals surface area contributed by atoms with E-state index in [1.807, 2.05) is 11.8 Å². The Morgan fingerprint density at radius 1 is 1.24 bits per heavy atom. The first-order valence-corrected chi connectivity index (χ1v) is 9.46. The van der Waals surface area contributed by atoms with Crippen LogP contribution in [0.4, 0.5) is 0 Å². The monoisotopic (exact) mass is 347 g/mol. The zero-order valence-corrected chi connectivity index (χ0v) is 15.3. The molecule has 0 aliphatic carbocycles. The predicted octanol–water partition coefficient (Wildman–Crippen LogP) is 2.13. The number of hydrogen-bond acceptors (Lipinski definition) is 4. The summed E-state index contributed by atoms with van der Waals surface area (Å²) in [6, 6.07) is 0.313. The second-order valence-electron chi connectivity index (χ2n) is 7.11. The average molecular weight is 347 g/mol. The van der Waals surface area contributed by atoms with Gasteiger partial charge >= 0.3 is 5.97 Å². The van der Waals surface area contributed by atoms with Gasteiger partial charge in [-0.25, -0.2) is 4.79 Å². The molecule has 2 aliphatic rings. The smallest absolute Gasteiger partial charge is 0.340 e. The van der Waals surface area contributed by atoms with Gasteiger partial charge in [-0.15, -0.1) is 0 Å². The normalized spacial score (nSPS) is 21.0. The third-order valence-corrected chi connectivity index (χ3v) is 5.33. The first-order valence-electron chi connectivity index (χ1n) is 9.46. The maximum absolute atomic E-state index is 12.9. The van der Waals surface area contributed by atoms with Crippen molar-refractivity contribution in [2.45, 2.75) is 52.0 Å². The molecule has 0 radical (unpaired) electrons. The van der Waals surface area contributed by atoms with Gasteiger partial charge in [0.1, 0.15) is 0 Å². The number of carbonyl (C=O) groups is 2. The molecule has 6 heteroatoms. The van der Waals surface area contributed by atoms with Gasteiger partial charge in [0.05, 0.1) is 18.6 Å². The predicted molar refractivity (Wildman–Crippen MR) is 95.6 cm³/mol. The van der Waals surface area contributed by atoms with Crippen LogP contribution in [0.5, 0.6) is 0 Å². The summed E-state index contributed by atoms with van der Waals surface area (Å²) >= 11 is 0. The molecule has 3 rings (SSSR count). The molecular formula is C19H29N3O3. The van der Waals surface area contributed by atoms with E-state index in [-0.39, 0.29) is 18.3 Å². The SMILES string of the molecule is CCOC(=O)c1c(C)c[nH]c1CC(=O)N1CCC[C@H]1CN1CCCC1. The molecule has 2 aliphatic heterocycles. The molecule has 1 N–H and O–H groups in total. The number of aryl methyl sites for hydroxylation is 1. The van der Waals surface area contributed by atoms with Crippen LogP contribution in [0, 0.1) is 6.92 Å². The van der Waals surface area contributed by atoms with E-state index in [1.165, 1.54) is 12.8 Å². The minimum Gasteiger partial charge on any atom is -0.462 e. The third-order valence-electron chi connectivity index (χ3n) is 5.33. The van der Waals surface area contributed by atoms with Gasteiger partial charge in [-0.05, 0) is 58.2 Å². The third kappa shape index (κ3) is 4.06. The fraction of sp³-hybridized carbons (Fsp3) is 0.684. The molecule has 1 aromatic rings. The van der Waals surface area contributed by atoms with Crippen LogP contribution in [0.15, 0.2) is 6.20 Å². The Morgan fingerprint density at radius 2 is 2.00 bits per heavy atom. The van der Waals surface area contributed by atoms with E-state index in [2.05, 4.69) is 9.88 Å². The van der Waals surface area contributed by atoms with Crippen LogP contribution in [0.1, 0.15) is 54.2 Å². The highest BCUT2D eigenvalue weighted by atomic mass is 16.5. The quantitative estimate of drug-likeness (QED) is 0.801. The number of rotatable bonds is 6. The molecule has 0 saturated carbocycles. The number of nitrogens with one attached hydrogen (secondary N) is 1. The molecule has 0 aromatic carbocycles. The van der Waals surface area contributed by atoms with E-state index in [0.29, 0.717) is 23.9 Å². The van der Waals surface area contributed by atoms with Gasteiger partial charge in [0, 0.05) is 31.0 Å². The molecule has 0 bridgehead atoms. The van der Waals surface area contributed by atoms with Crippen LogP contribution in [-0.4, -0.2) is 65.5 Å². The van der Waals surface area contributed by atoms with Crippen molar-refractivity contribution in [2.75, 3.05) is 32.8 Å². The summed E-state index contributed by atoms with van der Waals surface area (Å²) in [5.41, 5.74) is 2.02. The van der Waals surface area contributed by atoms with Crippen LogP contribution in [0.25, 0.3) is 0 Å². The van der Waals surface area contributed by atoms with Gasteiger partial charge in [-0.3, -0.25) is 4.79 Å². The number of aromatic nitrogens is 1. The summed E-state index contributed by atoms with van der Waals surface area (Å²) in [4.78, 5) is 32.6. The van der Waals surface area contributed by atoms with Gasteiger partial charge in [0.15, 0.2) is 0 Å². The molecule has 1 atom stereocenters. The van der Waals surface area contributed by atoms with Crippen molar-refractivity contribution in [3.05, 3.63) is 23.0 Å². The van der Waals surface area contributed by atoms with Crippen molar-refractivity contribution < 1.29 is 14.3 Å². The number of hydrogen-bond donors (Lipinski definition) is 1. The largest absolute Gasteiger partial charge is 0.462 e. The van der Waals surface area contributed by atoms with Crippen molar-refractivity contribution in [3.63, 3.8) is 0 Å². The van der Waals surface area contributed by atoms with E-state index in [4.69, 9.17) is 4.74 Å². The molecule has 3 heterocycles.